The van der Waals surface area contributed by atoms with Crippen molar-refractivity contribution in [2.45, 2.75) is 367 Å². The first-order valence-corrected chi connectivity index (χ1v) is 42.2. The third-order valence-corrected chi connectivity index (χ3v) is 18.6. The summed E-state index contributed by atoms with van der Waals surface area (Å²) in [4.78, 5) is 72.8. The van der Waals surface area contributed by atoms with E-state index >= 15 is 0 Å². The number of hydrogen-bond donors (Lipinski definition) is 3. The number of carbonyl (C=O) groups excluding carboxylic acids is 4. The normalized spacial score (nSPS) is 14.3. The van der Waals surface area contributed by atoms with E-state index in [1.165, 1.54) is 161 Å². The zero-order valence-electron chi connectivity index (χ0n) is 62.2. The number of unbranched alkanes of at least 4 members (excludes halogenated alkanes) is 36. The molecular weight excluding hydrogens is 1280 g/mol. The molecule has 3 N–H and O–H groups in total. The second-order valence-corrected chi connectivity index (χ2v) is 29.2. The Labute approximate surface area is 596 Å². The lowest BCUT2D eigenvalue weighted by Gasteiger charge is -2.21. The minimum atomic E-state index is -4.98. The van der Waals surface area contributed by atoms with E-state index < -0.39 is 97.5 Å². The monoisotopic (exact) mass is 1420 g/mol. The molecule has 0 saturated carbocycles. The van der Waals surface area contributed by atoms with Gasteiger partial charge in [0, 0.05) is 25.7 Å². The van der Waals surface area contributed by atoms with Crippen LogP contribution in [0.4, 0.5) is 0 Å². The highest BCUT2D eigenvalue weighted by Gasteiger charge is 2.30. The van der Waals surface area contributed by atoms with Crippen LogP contribution in [0.15, 0.2) is 72.9 Å². The molecule has 0 fully saturated rings. The quantitative estimate of drug-likeness (QED) is 0.0169. The zero-order valence-corrected chi connectivity index (χ0v) is 64.0. The minimum Gasteiger partial charge on any atom is -0.462 e. The fourth-order valence-electron chi connectivity index (χ4n) is 10.8. The van der Waals surface area contributed by atoms with E-state index in [4.69, 9.17) is 37.0 Å². The van der Waals surface area contributed by atoms with Gasteiger partial charge in [-0.2, -0.15) is 0 Å². The predicted octanol–water partition coefficient (Wildman–Crippen LogP) is 22.4. The molecule has 0 bridgehead atoms. The Kier molecular flexibility index (Phi) is 69.3. The van der Waals surface area contributed by atoms with Gasteiger partial charge in [-0.3, -0.25) is 37.3 Å². The van der Waals surface area contributed by atoms with Gasteiger partial charge in [-0.05, 0) is 64.2 Å². The van der Waals surface area contributed by atoms with Crippen LogP contribution in [0.5, 0.6) is 0 Å². The summed E-state index contributed by atoms with van der Waals surface area (Å²) in [7, 11) is -9.95. The summed E-state index contributed by atoms with van der Waals surface area (Å²) in [6, 6.07) is 0. The largest absolute Gasteiger partial charge is 0.472 e. The number of phosphoric acid groups is 2. The fourth-order valence-corrected chi connectivity index (χ4v) is 12.4. The SMILES string of the molecule is CC/C=C\C/C=C\C/C=C\C/C=C\C/C=C\C/C=C\CCC(=O)OCC(COP(=O)(O)OCC(O)COP(=O)(O)OCC(COC(=O)CCCCCCCCCCCCCCC)OC(=O)CCCCCCCCCCCCC)OC(=O)CCCCCCCCCCCCCCCCC. The first-order chi connectivity index (χ1) is 47.7. The first-order valence-electron chi connectivity index (χ1n) is 39.2. The van der Waals surface area contributed by atoms with Crippen LogP contribution in [0, 0.1) is 0 Å². The van der Waals surface area contributed by atoms with Crippen LogP contribution in [-0.4, -0.2) is 96.7 Å². The van der Waals surface area contributed by atoms with Crippen LogP contribution < -0.4 is 0 Å². The molecule has 19 heteroatoms. The molecule has 0 aliphatic rings. The summed E-state index contributed by atoms with van der Waals surface area (Å²) >= 11 is 0. The molecule has 570 valence electrons. The highest BCUT2D eigenvalue weighted by molar-refractivity contribution is 7.47. The molecule has 5 unspecified atom stereocenters. The number of rotatable bonds is 74. The predicted molar refractivity (Wildman–Crippen MR) is 400 cm³/mol. The summed E-state index contributed by atoms with van der Waals surface area (Å²) < 4.78 is 68.4. The lowest BCUT2D eigenvalue weighted by atomic mass is 10.0. The Morgan fingerprint density at radius 2 is 0.531 bits per heavy atom. The average molecular weight is 1430 g/mol. The third kappa shape index (κ3) is 70.9. The van der Waals surface area contributed by atoms with Crippen molar-refractivity contribution in [3.63, 3.8) is 0 Å². The van der Waals surface area contributed by atoms with Crippen LogP contribution in [0.3, 0.4) is 0 Å². The number of hydrogen-bond acceptors (Lipinski definition) is 15. The summed E-state index contributed by atoms with van der Waals surface area (Å²) in [6.07, 6.45) is 71.9. The van der Waals surface area contributed by atoms with Gasteiger partial charge in [-0.15, -0.1) is 0 Å². The van der Waals surface area contributed by atoms with Gasteiger partial charge in [0.15, 0.2) is 12.2 Å². The van der Waals surface area contributed by atoms with Gasteiger partial charge in [0.25, 0.3) is 0 Å². The van der Waals surface area contributed by atoms with Crippen molar-refractivity contribution in [2.24, 2.45) is 0 Å². The molecule has 5 atom stereocenters. The Morgan fingerprint density at radius 3 is 0.816 bits per heavy atom. The van der Waals surface area contributed by atoms with E-state index in [0.717, 1.165) is 103 Å². The summed E-state index contributed by atoms with van der Waals surface area (Å²) in [5.41, 5.74) is 0. The van der Waals surface area contributed by atoms with E-state index in [9.17, 15) is 43.2 Å². The number of phosphoric ester groups is 2. The highest BCUT2D eigenvalue weighted by Crippen LogP contribution is 2.45. The molecule has 0 aliphatic heterocycles. The smallest absolute Gasteiger partial charge is 0.462 e. The van der Waals surface area contributed by atoms with Crippen molar-refractivity contribution in [1.29, 1.82) is 0 Å². The zero-order chi connectivity index (χ0) is 71.8. The molecule has 0 spiro atoms. The number of aliphatic hydroxyl groups excluding tert-OH is 1. The average Bonchev–Trinajstić information content (AvgIpc) is 0.992. The molecule has 98 heavy (non-hydrogen) atoms. The maximum absolute atomic E-state index is 13.1. The molecule has 0 saturated heterocycles. The van der Waals surface area contributed by atoms with E-state index in [1.54, 1.807) is 0 Å². The van der Waals surface area contributed by atoms with Crippen molar-refractivity contribution < 1.29 is 80.2 Å². The first kappa shape index (κ1) is 94.5. The molecule has 0 rings (SSSR count). The van der Waals surface area contributed by atoms with Crippen molar-refractivity contribution >= 4 is 39.5 Å². The van der Waals surface area contributed by atoms with E-state index in [1.807, 2.05) is 12.2 Å². The second-order valence-electron chi connectivity index (χ2n) is 26.3. The number of aliphatic hydroxyl groups is 1. The molecule has 0 aromatic rings. The summed E-state index contributed by atoms with van der Waals surface area (Å²) in [5.74, 6) is -2.24. The lowest BCUT2D eigenvalue weighted by Crippen LogP contribution is -2.30. The summed E-state index contributed by atoms with van der Waals surface area (Å²) in [6.45, 7) is 4.73. The molecule has 0 aliphatic carbocycles. The standard InChI is InChI=1S/C79H142O17P2/c1-5-9-13-17-21-25-29-32-34-35-36-37-39-41-45-48-52-56-60-64-77(82)90-70-75(96-79(84)66-62-58-54-50-46-42-38-33-30-26-22-18-14-10-6-2)72-94-98(87,88)92-68-73(80)67-91-97(85,86)93-71-74(95-78(83)65-61-57-53-49-43-28-24-20-16-12-8-4)69-89-76(81)63-59-55-51-47-44-40-31-27-23-19-15-11-7-3/h9,13,21,25,32,34,36-37,41,45,52,56,73-75,80H,5-8,10-12,14-20,22-24,26-31,33,35,38-40,42-44,46-51,53-55,57-72H2,1-4H3,(H,85,86)(H,87,88)/b13-9-,25-21-,34-32-,37-36-,45-41-,56-52-. The van der Waals surface area contributed by atoms with Crippen LogP contribution in [-0.2, 0) is 65.4 Å². The van der Waals surface area contributed by atoms with Gasteiger partial charge in [0.1, 0.15) is 19.3 Å². The van der Waals surface area contributed by atoms with Gasteiger partial charge in [-0.1, -0.05) is 332 Å². The van der Waals surface area contributed by atoms with Gasteiger partial charge in [0.05, 0.1) is 26.4 Å². The number of allylic oxidation sites excluding steroid dienone is 12. The topological polar surface area (TPSA) is 237 Å². The van der Waals surface area contributed by atoms with Crippen LogP contribution in [0.25, 0.3) is 0 Å². The molecule has 0 heterocycles. The second kappa shape index (κ2) is 71.9. The Hall–Kier alpha value is -3.50. The minimum absolute atomic E-state index is 0.0404. The Bertz CT molecular complexity index is 2140. The molecular formula is C79H142O17P2. The summed E-state index contributed by atoms with van der Waals surface area (Å²) in [5, 5.41) is 10.6. The van der Waals surface area contributed by atoms with Crippen molar-refractivity contribution in [2.75, 3.05) is 39.6 Å². The van der Waals surface area contributed by atoms with Crippen LogP contribution in [0.2, 0.25) is 0 Å². The molecule has 17 nitrogen and oxygen atoms in total. The highest BCUT2D eigenvalue weighted by atomic mass is 31.2. The van der Waals surface area contributed by atoms with Gasteiger partial charge < -0.3 is 33.8 Å². The van der Waals surface area contributed by atoms with Crippen molar-refractivity contribution in [3.05, 3.63) is 72.9 Å². The molecule has 0 aromatic carbocycles. The van der Waals surface area contributed by atoms with Crippen LogP contribution in [0.1, 0.15) is 349 Å². The van der Waals surface area contributed by atoms with E-state index in [-0.39, 0.29) is 25.7 Å². The Balaban J connectivity index is 5.35. The maximum atomic E-state index is 13.1. The van der Waals surface area contributed by atoms with Gasteiger partial charge in [0.2, 0.25) is 0 Å². The van der Waals surface area contributed by atoms with E-state index in [2.05, 4.69) is 88.5 Å². The molecule has 0 amide bonds. The van der Waals surface area contributed by atoms with Crippen LogP contribution >= 0.6 is 15.6 Å². The van der Waals surface area contributed by atoms with Crippen molar-refractivity contribution in [3.8, 4) is 0 Å². The van der Waals surface area contributed by atoms with Crippen molar-refractivity contribution in [1.82, 2.24) is 0 Å². The maximum Gasteiger partial charge on any atom is 0.472 e. The Morgan fingerprint density at radius 1 is 0.296 bits per heavy atom. The number of esters is 4. The third-order valence-electron chi connectivity index (χ3n) is 16.7. The fraction of sp³-hybridized carbons (Fsp3) is 0.797. The van der Waals surface area contributed by atoms with Gasteiger partial charge in [-0.25, -0.2) is 9.13 Å². The molecule has 0 aromatic heterocycles. The van der Waals surface area contributed by atoms with Gasteiger partial charge >= 0.3 is 39.5 Å². The lowest BCUT2D eigenvalue weighted by molar-refractivity contribution is -0.161. The van der Waals surface area contributed by atoms with E-state index in [0.29, 0.717) is 32.1 Å². The number of ether oxygens (including phenoxy) is 4. The number of carbonyl (C=O) groups is 4. The molecule has 0 radical (unpaired) electrons.